The first kappa shape index (κ1) is 24.1. The third kappa shape index (κ3) is 5.52. The molecule has 2 aromatic rings. The molecule has 2 aromatic carbocycles. The molecule has 1 unspecified atom stereocenters. The van der Waals surface area contributed by atoms with Gasteiger partial charge in [-0.1, -0.05) is 36.4 Å². The van der Waals surface area contributed by atoms with Crippen molar-refractivity contribution >= 4 is 27.3 Å². The number of rotatable bonds is 6. The number of nitrogens with one attached hydrogen (secondary N) is 1. The molecule has 1 amide bonds. The lowest BCUT2D eigenvalue weighted by Crippen LogP contribution is -2.38. The summed E-state index contributed by atoms with van der Waals surface area (Å²) in [7, 11) is -3.04. The topological polar surface area (TPSA) is 114 Å². The van der Waals surface area contributed by atoms with E-state index in [1.807, 2.05) is 30.3 Å². The highest BCUT2D eigenvalue weighted by atomic mass is 32.2. The molecule has 1 aliphatic heterocycles. The summed E-state index contributed by atoms with van der Waals surface area (Å²) in [4.78, 5) is 21.7. The van der Waals surface area contributed by atoms with Crippen molar-refractivity contribution in [3.05, 3.63) is 71.0 Å². The number of carbonyl (C=O) groups excluding carboxylic acids is 1. The molecule has 1 aliphatic carbocycles. The Bertz CT molecular complexity index is 1220. The van der Waals surface area contributed by atoms with E-state index in [4.69, 9.17) is 10.7 Å². The van der Waals surface area contributed by atoms with E-state index in [1.165, 1.54) is 18.4 Å². The number of nitrogens with zero attached hydrogens (tertiary/aromatic N) is 2. The summed E-state index contributed by atoms with van der Waals surface area (Å²) in [5.74, 6) is -0.713. The Hall–Kier alpha value is -3.07. The Morgan fingerprint density at radius 2 is 1.82 bits per heavy atom. The van der Waals surface area contributed by atoms with Crippen LogP contribution in [0.5, 0.6) is 0 Å². The summed E-state index contributed by atoms with van der Waals surface area (Å²) in [6, 6.07) is 13.6. The maximum atomic E-state index is 14.9. The van der Waals surface area contributed by atoms with Crippen LogP contribution in [0.4, 0.5) is 4.39 Å². The van der Waals surface area contributed by atoms with Crippen molar-refractivity contribution in [2.24, 2.45) is 21.6 Å². The van der Waals surface area contributed by atoms with Crippen molar-refractivity contribution in [1.82, 2.24) is 5.32 Å². The first-order valence-corrected chi connectivity index (χ1v) is 13.4. The molecule has 1 fully saturated rings. The van der Waals surface area contributed by atoms with Crippen LogP contribution in [0.15, 0.2) is 58.5 Å². The van der Waals surface area contributed by atoms with E-state index in [9.17, 15) is 17.6 Å². The van der Waals surface area contributed by atoms with Crippen LogP contribution in [0.2, 0.25) is 0 Å². The van der Waals surface area contributed by atoms with Crippen LogP contribution in [0.25, 0.3) is 0 Å². The largest absolute Gasteiger partial charge is 0.382 e. The molecule has 0 bridgehead atoms. The molecule has 1 saturated carbocycles. The molecule has 7 nitrogen and oxygen atoms in total. The van der Waals surface area contributed by atoms with Crippen molar-refractivity contribution in [2.45, 2.75) is 43.5 Å². The SMILES string of the molecule is CS(=O)(=O)C1CCC(C2CN=C(N)C(c3ccc(C(=O)NCc4ccccc4)c(F)c3)=N2)CC1. The van der Waals surface area contributed by atoms with Gasteiger partial charge in [-0.15, -0.1) is 0 Å². The molecule has 34 heavy (non-hydrogen) atoms. The van der Waals surface area contributed by atoms with Gasteiger partial charge < -0.3 is 11.1 Å². The number of halogens is 1. The molecular formula is C25H29FN4O3S. The fourth-order valence-corrected chi connectivity index (χ4v) is 5.77. The number of nitrogens with two attached hydrogens (primary N) is 1. The third-order valence-electron chi connectivity index (χ3n) is 6.64. The second kappa shape index (κ2) is 10.0. The van der Waals surface area contributed by atoms with Crippen LogP contribution >= 0.6 is 0 Å². The second-order valence-electron chi connectivity index (χ2n) is 9.00. The Morgan fingerprint density at radius 1 is 1.12 bits per heavy atom. The number of hydrogen-bond donors (Lipinski definition) is 2. The van der Waals surface area contributed by atoms with Crippen molar-refractivity contribution in [1.29, 1.82) is 0 Å². The molecule has 0 radical (unpaired) electrons. The summed E-state index contributed by atoms with van der Waals surface area (Å²) in [6.07, 6.45) is 4.03. The Labute approximate surface area is 199 Å². The molecule has 180 valence electrons. The van der Waals surface area contributed by atoms with E-state index >= 15 is 0 Å². The Kier molecular flexibility index (Phi) is 7.11. The Morgan fingerprint density at radius 3 is 2.47 bits per heavy atom. The molecule has 0 spiro atoms. The maximum absolute atomic E-state index is 14.9. The van der Waals surface area contributed by atoms with Crippen molar-refractivity contribution in [3.63, 3.8) is 0 Å². The summed E-state index contributed by atoms with van der Waals surface area (Å²) < 4.78 is 38.5. The zero-order valence-corrected chi connectivity index (χ0v) is 19.9. The van der Waals surface area contributed by atoms with E-state index in [0.717, 1.165) is 18.4 Å². The van der Waals surface area contributed by atoms with E-state index in [1.54, 1.807) is 6.07 Å². The smallest absolute Gasteiger partial charge is 0.254 e. The fourth-order valence-electron chi connectivity index (χ4n) is 4.64. The highest BCUT2D eigenvalue weighted by Crippen LogP contribution is 2.32. The molecular weight excluding hydrogens is 455 g/mol. The number of benzene rings is 2. The predicted octanol–water partition coefficient (Wildman–Crippen LogP) is 2.89. The first-order valence-electron chi connectivity index (χ1n) is 11.4. The average molecular weight is 485 g/mol. The summed E-state index contributed by atoms with van der Waals surface area (Å²) >= 11 is 0. The monoisotopic (exact) mass is 484 g/mol. The highest BCUT2D eigenvalue weighted by molar-refractivity contribution is 7.91. The van der Waals surface area contributed by atoms with Gasteiger partial charge in [0.1, 0.15) is 27.2 Å². The summed E-state index contributed by atoms with van der Waals surface area (Å²) in [6.45, 7) is 0.739. The van der Waals surface area contributed by atoms with Crippen LogP contribution in [0, 0.1) is 11.7 Å². The number of amides is 1. The minimum Gasteiger partial charge on any atom is -0.382 e. The third-order valence-corrected chi connectivity index (χ3v) is 8.32. The molecule has 4 rings (SSSR count). The lowest BCUT2D eigenvalue weighted by atomic mass is 9.83. The lowest BCUT2D eigenvalue weighted by Gasteiger charge is -2.32. The van der Waals surface area contributed by atoms with Crippen LogP contribution in [-0.2, 0) is 16.4 Å². The maximum Gasteiger partial charge on any atom is 0.254 e. The standard InChI is InChI=1S/C25H29FN4O3S/c1-34(32,33)19-10-7-17(8-11-19)22-15-28-24(27)23(30-22)18-9-12-20(21(26)13-18)25(31)29-14-16-5-3-2-4-6-16/h2-6,9,12-13,17,19,22H,7-8,10-11,14-15H2,1H3,(H2,27,28)(H,29,31). The van der Waals surface area contributed by atoms with Gasteiger partial charge in [-0.3, -0.25) is 14.8 Å². The Balaban J connectivity index is 1.46. The molecule has 3 N–H and O–H groups in total. The van der Waals surface area contributed by atoms with Crippen LogP contribution in [-0.4, -0.2) is 50.0 Å². The molecule has 0 aromatic heterocycles. The summed E-state index contributed by atoms with van der Waals surface area (Å²) in [5.41, 5.74) is 7.83. The van der Waals surface area contributed by atoms with E-state index in [0.29, 0.717) is 37.2 Å². The average Bonchev–Trinajstić information content (AvgIpc) is 2.83. The van der Waals surface area contributed by atoms with Crippen molar-refractivity contribution in [3.8, 4) is 0 Å². The number of hydrogen-bond acceptors (Lipinski definition) is 6. The minimum absolute atomic E-state index is 0.0535. The number of carbonyl (C=O) groups is 1. The predicted molar refractivity (Wildman–Crippen MR) is 131 cm³/mol. The van der Waals surface area contributed by atoms with Crippen LogP contribution in [0.1, 0.15) is 47.2 Å². The molecule has 2 aliphatic rings. The number of aliphatic imine (C=N–C) groups is 2. The highest BCUT2D eigenvalue weighted by Gasteiger charge is 2.33. The van der Waals surface area contributed by atoms with Crippen molar-refractivity contribution < 1.29 is 17.6 Å². The molecule has 9 heteroatoms. The van der Waals surface area contributed by atoms with Crippen LogP contribution in [0.3, 0.4) is 0 Å². The first-order chi connectivity index (χ1) is 16.2. The normalized spacial score (nSPS) is 23.1. The quantitative estimate of drug-likeness (QED) is 0.656. The zero-order valence-electron chi connectivity index (χ0n) is 19.1. The lowest BCUT2D eigenvalue weighted by molar-refractivity contribution is 0.0947. The van der Waals surface area contributed by atoms with Gasteiger partial charge >= 0.3 is 0 Å². The van der Waals surface area contributed by atoms with Gasteiger partial charge in [-0.25, -0.2) is 12.8 Å². The van der Waals surface area contributed by atoms with Gasteiger partial charge in [-0.2, -0.15) is 0 Å². The molecule has 1 atom stereocenters. The second-order valence-corrected chi connectivity index (χ2v) is 11.3. The van der Waals surface area contributed by atoms with Gasteiger partial charge in [-0.05, 0) is 49.3 Å². The van der Waals surface area contributed by atoms with Gasteiger partial charge in [0.05, 0.1) is 23.4 Å². The number of sulfone groups is 1. The van der Waals surface area contributed by atoms with Gasteiger partial charge in [0.15, 0.2) is 0 Å². The van der Waals surface area contributed by atoms with Gasteiger partial charge in [0.25, 0.3) is 5.91 Å². The van der Waals surface area contributed by atoms with Gasteiger partial charge in [0, 0.05) is 18.4 Å². The number of amidine groups is 1. The van der Waals surface area contributed by atoms with E-state index in [-0.39, 0.29) is 28.6 Å². The minimum atomic E-state index is -3.04. The molecule has 0 saturated heterocycles. The van der Waals surface area contributed by atoms with Crippen molar-refractivity contribution in [2.75, 3.05) is 12.8 Å². The zero-order chi connectivity index (χ0) is 24.3. The fraction of sp³-hybridized carbons (Fsp3) is 0.400. The van der Waals surface area contributed by atoms with E-state index < -0.39 is 21.6 Å². The summed E-state index contributed by atoms with van der Waals surface area (Å²) in [5, 5.41) is 2.44. The van der Waals surface area contributed by atoms with E-state index in [2.05, 4.69) is 10.3 Å². The van der Waals surface area contributed by atoms with Gasteiger partial charge in [0.2, 0.25) is 0 Å². The van der Waals surface area contributed by atoms with Crippen LogP contribution < -0.4 is 11.1 Å². The molecule has 1 heterocycles.